The maximum atomic E-state index is 13.3. The summed E-state index contributed by atoms with van der Waals surface area (Å²) in [4.78, 5) is 27.6. The summed E-state index contributed by atoms with van der Waals surface area (Å²) >= 11 is 0. The minimum Gasteiger partial charge on any atom is -0.497 e. The van der Waals surface area contributed by atoms with Crippen LogP contribution in [0, 0.1) is 6.92 Å². The summed E-state index contributed by atoms with van der Waals surface area (Å²) in [6.07, 6.45) is 1.59. The Morgan fingerprint density at radius 2 is 1.82 bits per heavy atom. The third kappa shape index (κ3) is 6.22. The Balaban J connectivity index is 1.72. The molecule has 0 bridgehead atoms. The average molecular weight is 450 g/mol. The van der Waals surface area contributed by atoms with Crippen molar-refractivity contribution in [1.82, 2.24) is 15.4 Å². The minimum atomic E-state index is -0.321. The van der Waals surface area contributed by atoms with E-state index in [1.807, 2.05) is 45.0 Å². The molecule has 0 saturated carbocycles. The number of hydrogen-bond donors (Lipinski definition) is 1. The molecule has 3 aromatic rings. The summed E-state index contributed by atoms with van der Waals surface area (Å²) in [6.45, 7) is 6.73. The van der Waals surface area contributed by atoms with Gasteiger partial charge in [-0.05, 0) is 43.5 Å². The van der Waals surface area contributed by atoms with Crippen LogP contribution in [-0.2, 0) is 13.1 Å². The van der Waals surface area contributed by atoms with Gasteiger partial charge in [-0.25, -0.2) is 0 Å². The first-order valence-corrected chi connectivity index (χ1v) is 11.2. The molecule has 7 heteroatoms. The van der Waals surface area contributed by atoms with Crippen LogP contribution in [0.3, 0.4) is 0 Å². The second-order valence-electron chi connectivity index (χ2n) is 7.98. The molecule has 0 aliphatic carbocycles. The molecule has 0 saturated heterocycles. The van der Waals surface area contributed by atoms with E-state index in [9.17, 15) is 9.59 Å². The molecule has 7 nitrogen and oxygen atoms in total. The SMILES string of the molecule is CCC(CC)N(Cc1cc(C(=O)NCc2ccc(C)cc2)no1)C(=O)c1cccc(OC)c1. The van der Waals surface area contributed by atoms with Crippen LogP contribution in [0.5, 0.6) is 5.75 Å². The molecule has 1 aromatic heterocycles. The maximum absolute atomic E-state index is 13.3. The van der Waals surface area contributed by atoms with Gasteiger partial charge >= 0.3 is 0 Å². The van der Waals surface area contributed by atoms with Crippen molar-refractivity contribution in [2.45, 2.75) is 52.7 Å². The summed E-state index contributed by atoms with van der Waals surface area (Å²) in [7, 11) is 1.57. The number of carbonyl (C=O) groups is 2. The van der Waals surface area contributed by atoms with Crippen molar-refractivity contribution >= 4 is 11.8 Å². The van der Waals surface area contributed by atoms with E-state index in [0.717, 1.165) is 24.0 Å². The maximum Gasteiger partial charge on any atom is 0.273 e. The van der Waals surface area contributed by atoms with E-state index in [-0.39, 0.29) is 30.1 Å². The number of ether oxygens (including phenoxy) is 1. The highest BCUT2D eigenvalue weighted by molar-refractivity contribution is 5.95. The minimum absolute atomic E-state index is 0.0209. The Bertz CT molecular complexity index is 1070. The van der Waals surface area contributed by atoms with Gasteiger partial charge in [-0.2, -0.15) is 0 Å². The number of benzene rings is 2. The zero-order chi connectivity index (χ0) is 23.8. The standard InChI is InChI=1S/C26H31N3O4/c1-5-21(6-2)29(26(31)20-8-7-9-22(14-20)32-4)17-23-15-24(28-33-23)25(30)27-16-19-12-10-18(3)11-13-19/h7-15,21H,5-6,16-17H2,1-4H3,(H,27,30). The summed E-state index contributed by atoms with van der Waals surface area (Å²) < 4.78 is 10.7. The zero-order valence-electron chi connectivity index (χ0n) is 19.6. The highest BCUT2D eigenvalue weighted by Gasteiger charge is 2.25. The zero-order valence-corrected chi connectivity index (χ0v) is 19.6. The van der Waals surface area contributed by atoms with Crippen LogP contribution in [0.15, 0.2) is 59.1 Å². The predicted octanol–water partition coefficient (Wildman–Crippen LogP) is 4.75. The lowest BCUT2D eigenvalue weighted by molar-refractivity contribution is 0.0627. The van der Waals surface area contributed by atoms with E-state index in [1.165, 1.54) is 0 Å². The first-order chi connectivity index (χ1) is 15.9. The number of aryl methyl sites for hydroxylation is 1. The van der Waals surface area contributed by atoms with Gasteiger partial charge in [0.25, 0.3) is 11.8 Å². The largest absolute Gasteiger partial charge is 0.497 e. The molecule has 0 aliphatic rings. The molecule has 2 amide bonds. The van der Waals surface area contributed by atoms with Gasteiger partial charge in [0.05, 0.1) is 13.7 Å². The van der Waals surface area contributed by atoms with Gasteiger partial charge in [0, 0.05) is 24.2 Å². The number of nitrogens with zero attached hydrogens (tertiary/aromatic N) is 2. The number of nitrogens with one attached hydrogen (secondary N) is 1. The number of methoxy groups -OCH3 is 1. The van der Waals surface area contributed by atoms with Gasteiger partial charge < -0.3 is 19.5 Å². The molecule has 0 spiro atoms. The monoisotopic (exact) mass is 449 g/mol. The third-order valence-corrected chi connectivity index (χ3v) is 5.65. The number of rotatable bonds is 10. The van der Waals surface area contributed by atoms with Crippen LogP contribution < -0.4 is 10.1 Å². The molecule has 3 rings (SSSR count). The summed E-state index contributed by atoms with van der Waals surface area (Å²) in [6, 6.07) is 16.7. The molecular weight excluding hydrogens is 418 g/mol. The van der Waals surface area contributed by atoms with E-state index in [2.05, 4.69) is 10.5 Å². The van der Waals surface area contributed by atoms with E-state index in [4.69, 9.17) is 9.26 Å². The van der Waals surface area contributed by atoms with Crippen molar-refractivity contribution in [2.24, 2.45) is 0 Å². The van der Waals surface area contributed by atoms with Gasteiger partial charge in [0.2, 0.25) is 0 Å². The van der Waals surface area contributed by atoms with Gasteiger partial charge in [-0.1, -0.05) is 54.9 Å². The smallest absolute Gasteiger partial charge is 0.273 e. The van der Waals surface area contributed by atoms with Crippen molar-refractivity contribution < 1.29 is 18.8 Å². The van der Waals surface area contributed by atoms with Crippen molar-refractivity contribution in [1.29, 1.82) is 0 Å². The lowest BCUT2D eigenvalue weighted by atomic mass is 10.1. The lowest BCUT2D eigenvalue weighted by Gasteiger charge is -2.29. The average Bonchev–Trinajstić information content (AvgIpc) is 3.32. The Hall–Kier alpha value is -3.61. The third-order valence-electron chi connectivity index (χ3n) is 5.65. The van der Waals surface area contributed by atoms with Crippen LogP contribution in [0.4, 0.5) is 0 Å². The molecule has 2 aromatic carbocycles. The number of hydrogen-bond acceptors (Lipinski definition) is 5. The van der Waals surface area contributed by atoms with E-state index < -0.39 is 0 Å². The molecule has 174 valence electrons. The first-order valence-electron chi connectivity index (χ1n) is 11.2. The molecule has 0 unspecified atom stereocenters. The fourth-order valence-electron chi connectivity index (χ4n) is 3.66. The normalized spacial score (nSPS) is 10.8. The fourth-order valence-corrected chi connectivity index (χ4v) is 3.66. The highest BCUT2D eigenvalue weighted by Crippen LogP contribution is 2.21. The molecule has 0 fully saturated rings. The Morgan fingerprint density at radius 1 is 1.09 bits per heavy atom. The highest BCUT2D eigenvalue weighted by atomic mass is 16.5. The number of aromatic nitrogens is 1. The van der Waals surface area contributed by atoms with Gasteiger partial charge in [-0.3, -0.25) is 9.59 Å². The second-order valence-corrected chi connectivity index (χ2v) is 7.98. The molecule has 0 radical (unpaired) electrons. The molecule has 1 N–H and O–H groups in total. The predicted molar refractivity (Wildman–Crippen MR) is 126 cm³/mol. The molecular formula is C26H31N3O4. The van der Waals surface area contributed by atoms with Crippen molar-refractivity contribution in [3.05, 3.63) is 82.7 Å². The first kappa shape index (κ1) is 24.0. The van der Waals surface area contributed by atoms with Gasteiger partial charge in [0.1, 0.15) is 5.75 Å². The summed E-state index contributed by atoms with van der Waals surface area (Å²) in [5.41, 5.74) is 2.89. The quantitative estimate of drug-likeness (QED) is 0.483. The Labute approximate surface area is 194 Å². The fraction of sp³-hybridized carbons (Fsp3) is 0.346. The lowest BCUT2D eigenvalue weighted by Crippen LogP contribution is -2.39. The van der Waals surface area contributed by atoms with E-state index in [0.29, 0.717) is 23.6 Å². The molecule has 0 atom stereocenters. The van der Waals surface area contributed by atoms with Crippen LogP contribution in [0.1, 0.15) is 64.4 Å². The van der Waals surface area contributed by atoms with E-state index >= 15 is 0 Å². The van der Waals surface area contributed by atoms with Crippen LogP contribution >= 0.6 is 0 Å². The van der Waals surface area contributed by atoms with Gasteiger partial charge in [-0.15, -0.1) is 0 Å². The molecule has 33 heavy (non-hydrogen) atoms. The number of carbonyl (C=O) groups excluding carboxylic acids is 2. The van der Waals surface area contributed by atoms with Crippen molar-refractivity contribution in [3.63, 3.8) is 0 Å². The van der Waals surface area contributed by atoms with Crippen LogP contribution in [0.2, 0.25) is 0 Å². The summed E-state index contributed by atoms with van der Waals surface area (Å²) in [5, 5.41) is 6.77. The summed E-state index contributed by atoms with van der Waals surface area (Å²) in [5.74, 6) is 0.638. The van der Waals surface area contributed by atoms with Crippen molar-refractivity contribution in [2.75, 3.05) is 7.11 Å². The Kier molecular flexibility index (Phi) is 8.24. The number of amides is 2. The molecule has 1 heterocycles. The Morgan fingerprint density at radius 3 is 2.48 bits per heavy atom. The molecule has 0 aliphatic heterocycles. The van der Waals surface area contributed by atoms with E-state index in [1.54, 1.807) is 42.3 Å². The van der Waals surface area contributed by atoms with Crippen LogP contribution in [0.25, 0.3) is 0 Å². The van der Waals surface area contributed by atoms with Crippen LogP contribution in [-0.4, -0.2) is 35.0 Å². The second kappa shape index (κ2) is 11.3. The topological polar surface area (TPSA) is 84.7 Å². The van der Waals surface area contributed by atoms with Gasteiger partial charge in [0.15, 0.2) is 11.5 Å². The van der Waals surface area contributed by atoms with Crippen molar-refractivity contribution in [3.8, 4) is 5.75 Å².